The van der Waals surface area contributed by atoms with Crippen LogP contribution in [0.3, 0.4) is 0 Å². The Bertz CT molecular complexity index is 3070. The number of amidine groups is 1. The first kappa shape index (κ1) is 30.6. The minimum Gasteiger partial charge on any atom is -0.444 e. The molecule has 2 atom stereocenters. The monoisotopic (exact) mass is 693 g/mol. The summed E-state index contributed by atoms with van der Waals surface area (Å²) in [7, 11) is 0. The number of pyridine rings is 1. The predicted octanol–water partition coefficient (Wildman–Crippen LogP) is 11.6. The van der Waals surface area contributed by atoms with Crippen LogP contribution in [-0.2, 0) is 0 Å². The van der Waals surface area contributed by atoms with Crippen molar-refractivity contribution in [2.24, 2.45) is 4.99 Å². The number of nitrogens with one attached hydrogen (secondary N) is 1. The number of aromatic nitrogens is 3. The number of hydrogen-bond acceptors (Lipinski definition) is 3. The first-order chi connectivity index (χ1) is 26.8. The van der Waals surface area contributed by atoms with E-state index in [4.69, 9.17) is 15.3 Å². The van der Waals surface area contributed by atoms with Crippen LogP contribution in [0.1, 0.15) is 29.2 Å². The zero-order valence-corrected chi connectivity index (χ0v) is 29.2. The number of hydrogen-bond donors (Lipinski definition) is 1. The number of nitrogens with zero attached hydrogens (tertiary/aromatic N) is 5. The Balaban J connectivity index is 1.09. The minimum absolute atomic E-state index is 0.290. The van der Waals surface area contributed by atoms with Crippen molar-refractivity contribution in [3.8, 4) is 11.5 Å². The van der Waals surface area contributed by atoms with Gasteiger partial charge in [-0.3, -0.25) is 4.57 Å². The molecule has 0 radical (unpaired) electrons. The molecule has 1 aliphatic rings. The summed E-state index contributed by atoms with van der Waals surface area (Å²) < 4.78 is 4.66. The minimum atomic E-state index is -0.306. The van der Waals surface area contributed by atoms with E-state index in [2.05, 4.69) is 184 Å². The van der Waals surface area contributed by atoms with Crippen LogP contribution in [0.4, 0.5) is 0 Å². The lowest BCUT2D eigenvalue weighted by atomic mass is 10.0. The van der Waals surface area contributed by atoms with Crippen LogP contribution in [-0.4, -0.2) is 20.0 Å². The van der Waals surface area contributed by atoms with Gasteiger partial charge in [0.05, 0.1) is 27.8 Å². The molecule has 1 aliphatic heterocycles. The van der Waals surface area contributed by atoms with E-state index in [1.165, 1.54) is 37.8 Å². The molecular formula is C48H33N6-. The van der Waals surface area contributed by atoms with Crippen molar-refractivity contribution in [2.45, 2.75) is 12.3 Å². The van der Waals surface area contributed by atoms with Gasteiger partial charge in [0.25, 0.3) is 0 Å². The van der Waals surface area contributed by atoms with Crippen LogP contribution >= 0.6 is 0 Å². The number of benzene rings is 7. The van der Waals surface area contributed by atoms with E-state index in [1.807, 2.05) is 12.1 Å². The van der Waals surface area contributed by atoms with Gasteiger partial charge in [-0.25, -0.2) is 4.98 Å². The van der Waals surface area contributed by atoms with Gasteiger partial charge < -0.3 is 20.2 Å². The van der Waals surface area contributed by atoms with Crippen molar-refractivity contribution in [1.82, 2.24) is 19.4 Å². The number of rotatable bonds is 5. The van der Waals surface area contributed by atoms with Crippen molar-refractivity contribution >= 4 is 60.2 Å². The highest BCUT2D eigenvalue weighted by Gasteiger charge is 2.21. The Hall–Kier alpha value is -7.02. The molecule has 256 valence electrons. The Morgan fingerprint density at radius 1 is 0.463 bits per heavy atom. The van der Waals surface area contributed by atoms with Gasteiger partial charge in [-0.2, -0.15) is 0 Å². The maximum Gasteiger partial charge on any atom is 0.138 e. The van der Waals surface area contributed by atoms with Crippen LogP contribution in [0.15, 0.2) is 187 Å². The molecule has 6 heteroatoms. The summed E-state index contributed by atoms with van der Waals surface area (Å²) in [6.07, 6.45) is -0.596. The highest BCUT2D eigenvalue weighted by atomic mass is 15.3. The maximum absolute atomic E-state index is 5.35. The molecule has 4 heterocycles. The SMILES string of the molecule is c1ccc(C2N=C(c3cccc(-n4c5ccccc5c5cc6c7ccccc7n(-c7ccccc7)c6cc54)n3)[N-]C(c3ccc4ccccc4c3)N2)cc1. The molecule has 54 heavy (non-hydrogen) atoms. The lowest BCUT2D eigenvalue weighted by molar-refractivity contribution is 0.488. The summed E-state index contributed by atoms with van der Waals surface area (Å²) in [6.45, 7) is 0. The third kappa shape index (κ3) is 4.92. The fourth-order valence-electron chi connectivity index (χ4n) is 8.19. The van der Waals surface area contributed by atoms with Crippen molar-refractivity contribution in [3.05, 3.63) is 204 Å². The number of para-hydroxylation sites is 3. The zero-order valence-electron chi connectivity index (χ0n) is 29.2. The second-order valence-electron chi connectivity index (χ2n) is 13.9. The normalized spacial score (nSPS) is 16.0. The fraction of sp³-hybridized carbons (Fsp3) is 0.0417. The van der Waals surface area contributed by atoms with Gasteiger partial charge in [0.15, 0.2) is 0 Å². The highest BCUT2D eigenvalue weighted by molar-refractivity contribution is 6.19. The van der Waals surface area contributed by atoms with E-state index in [1.54, 1.807) is 0 Å². The van der Waals surface area contributed by atoms with Gasteiger partial charge in [-0.1, -0.05) is 127 Å². The van der Waals surface area contributed by atoms with Crippen LogP contribution in [0.25, 0.3) is 71.2 Å². The fourth-order valence-corrected chi connectivity index (χ4v) is 8.19. The van der Waals surface area contributed by atoms with Crippen molar-refractivity contribution in [3.63, 3.8) is 0 Å². The maximum atomic E-state index is 5.35. The smallest absolute Gasteiger partial charge is 0.138 e. The molecule has 2 unspecified atom stereocenters. The number of aliphatic imine (C=N–C) groups is 1. The molecule has 0 spiro atoms. The van der Waals surface area contributed by atoms with Crippen LogP contribution in [0.2, 0.25) is 0 Å². The standard InChI is InChI=1S/C48H33N6/c1-3-15-32(16-4-1)46-50-47(34-27-26-31-14-7-8-17-33(31)28-34)52-48(51-46)40-22-13-25-45(49-40)54-42-24-12-10-21-37(42)39-29-38-36-20-9-11-23-41(36)53(43(38)30-44(39)54)35-18-5-2-6-19-35/h1-30,46-47,50H/q-1. The van der Waals surface area contributed by atoms with E-state index in [9.17, 15) is 0 Å². The van der Waals surface area contributed by atoms with E-state index < -0.39 is 0 Å². The molecule has 0 bridgehead atoms. The molecule has 1 N–H and O–H groups in total. The second-order valence-corrected chi connectivity index (χ2v) is 13.9. The molecule has 6 nitrogen and oxygen atoms in total. The Labute approximate surface area is 311 Å². The first-order valence-corrected chi connectivity index (χ1v) is 18.3. The summed E-state index contributed by atoms with van der Waals surface area (Å²) in [5.41, 5.74) is 8.54. The van der Waals surface area contributed by atoms with Gasteiger partial charge in [-0.15, -0.1) is 0 Å². The van der Waals surface area contributed by atoms with Crippen LogP contribution in [0.5, 0.6) is 0 Å². The zero-order chi connectivity index (χ0) is 35.6. The molecule has 11 rings (SSSR count). The molecule has 0 aliphatic carbocycles. The third-order valence-corrected chi connectivity index (χ3v) is 10.7. The summed E-state index contributed by atoms with van der Waals surface area (Å²) in [6, 6.07) is 64.1. The van der Waals surface area contributed by atoms with Gasteiger partial charge in [0, 0.05) is 39.6 Å². The summed E-state index contributed by atoms with van der Waals surface area (Å²) in [5, 5.41) is 16.1. The Morgan fingerprint density at radius 3 is 1.89 bits per heavy atom. The summed E-state index contributed by atoms with van der Waals surface area (Å²) >= 11 is 0. The topological polar surface area (TPSA) is 61.2 Å². The molecule has 0 saturated carbocycles. The van der Waals surface area contributed by atoms with Gasteiger partial charge >= 0.3 is 0 Å². The summed E-state index contributed by atoms with van der Waals surface area (Å²) in [5.74, 6) is 1.44. The van der Waals surface area contributed by atoms with Crippen molar-refractivity contribution < 1.29 is 0 Å². The quantitative estimate of drug-likeness (QED) is 0.195. The average Bonchev–Trinajstić information content (AvgIpc) is 3.75. The van der Waals surface area contributed by atoms with Crippen molar-refractivity contribution in [1.29, 1.82) is 0 Å². The van der Waals surface area contributed by atoms with Gasteiger partial charge in [0.1, 0.15) is 5.82 Å². The van der Waals surface area contributed by atoms with Gasteiger partial charge in [0.2, 0.25) is 0 Å². The van der Waals surface area contributed by atoms with E-state index in [-0.39, 0.29) is 12.3 Å². The van der Waals surface area contributed by atoms with E-state index in [0.717, 1.165) is 44.9 Å². The lowest BCUT2D eigenvalue weighted by Gasteiger charge is -2.40. The molecule has 0 saturated heterocycles. The third-order valence-electron chi connectivity index (χ3n) is 10.7. The molecule has 0 fully saturated rings. The van der Waals surface area contributed by atoms with E-state index >= 15 is 0 Å². The molecule has 10 aromatic rings. The number of fused-ring (bicyclic) bond motifs is 7. The predicted molar refractivity (Wildman–Crippen MR) is 222 cm³/mol. The van der Waals surface area contributed by atoms with E-state index in [0.29, 0.717) is 5.84 Å². The molecular weight excluding hydrogens is 661 g/mol. The lowest BCUT2D eigenvalue weighted by Crippen LogP contribution is -2.32. The highest BCUT2D eigenvalue weighted by Crippen LogP contribution is 2.40. The molecule has 0 amide bonds. The molecule has 7 aromatic carbocycles. The summed E-state index contributed by atoms with van der Waals surface area (Å²) in [4.78, 5) is 10.5. The van der Waals surface area contributed by atoms with Crippen LogP contribution < -0.4 is 5.32 Å². The Kier molecular flexibility index (Phi) is 6.97. The largest absolute Gasteiger partial charge is 0.444 e. The molecule has 3 aromatic heterocycles. The van der Waals surface area contributed by atoms with Gasteiger partial charge in [-0.05, 0) is 82.3 Å². The second kappa shape index (κ2) is 12.3. The average molecular weight is 694 g/mol. The van der Waals surface area contributed by atoms with Crippen molar-refractivity contribution in [2.75, 3.05) is 0 Å². The Morgan fingerprint density at radius 2 is 1.11 bits per heavy atom. The van der Waals surface area contributed by atoms with Crippen LogP contribution in [0, 0.1) is 0 Å². The first-order valence-electron chi connectivity index (χ1n) is 18.3.